The molecule has 0 saturated carbocycles. The molecule has 0 aromatic heterocycles. The predicted molar refractivity (Wildman–Crippen MR) is 82.5 cm³/mol. The van der Waals surface area contributed by atoms with Crippen LogP contribution in [0.1, 0.15) is 32.3 Å². The molecule has 1 fully saturated rings. The maximum atomic E-state index is 14.0. The van der Waals surface area contributed by atoms with Crippen LogP contribution >= 0.6 is 11.6 Å². The quantitative estimate of drug-likeness (QED) is 0.862. The highest BCUT2D eigenvalue weighted by molar-refractivity contribution is 6.30. The van der Waals surface area contributed by atoms with Gasteiger partial charge in [0.2, 0.25) is 0 Å². The third kappa shape index (κ3) is 4.44. The van der Waals surface area contributed by atoms with E-state index in [0.29, 0.717) is 24.1 Å². The molecular formula is C16H24ClFN2. The van der Waals surface area contributed by atoms with Crippen LogP contribution in [-0.4, -0.2) is 30.6 Å². The first-order chi connectivity index (χ1) is 9.56. The molecule has 2 rings (SSSR count). The van der Waals surface area contributed by atoms with E-state index in [2.05, 4.69) is 24.1 Å². The minimum absolute atomic E-state index is 0.214. The van der Waals surface area contributed by atoms with Gasteiger partial charge in [-0.1, -0.05) is 37.6 Å². The third-order valence-corrected chi connectivity index (χ3v) is 3.98. The summed E-state index contributed by atoms with van der Waals surface area (Å²) >= 11 is 5.87. The summed E-state index contributed by atoms with van der Waals surface area (Å²) in [6.07, 6.45) is 2.46. The molecule has 1 atom stereocenters. The fourth-order valence-electron chi connectivity index (χ4n) is 2.86. The minimum atomic E-state index is -0.276. The molecule has 20 heavy (non-hydrogen) atoms. The second kappa shape index (κ2) is 7.39. The average molecular weight is 299 g/mol. The van der Waals surface area contributed by atoms with E-state index < -0.39 is 0 Å². The SMILES string of the molecule is CC(C)CN(Cc1cccc(Cl)c1F)CC1CCCN1. The Labute approximate surface area is 126 Å². The second-order valence-corrected chi connectivity index (χ2v) is 6.50. The molecule has 0 bridgehead atoms. The highest BCUT2D eigenvalue weighted by Gasteiger charge is 2.20. The Bertz CT molecular complexity index is 430. The van der Waals surface area contributed by atoms with Crippen LogP contribution < -0.4 is 5.32 Å². The molecule has 0 radical (unpaired) electrons. The Morgan fingerprint density at radius 2 is 2.25 bits per heavy atom. The van der Waals surface area contributed by atoms with E-state index in [-0.39, 0.29) is 10.8 Å². The number of hydrogen-bond acceptors (Lipinski definition) is 2. The van der Waals surface area contributed by atoms with Gasteiger partial charge >= 0.3 is 0 Å². The van der Waals surface area contributed by atoms with E-state index in [9.17, 15) is 4.39 Å². The molecule has 0 aliphatic carbocycles. The number of halogens is 2. The van der Waals surface area contributed by atoms with Gasteiger partial charge in [0.1, 0.15) is 5.82 Å². The zero-order chi connectivity index (χ0) is 14.5. The first kappa shape index (κ1) is 15.7. The van der Waals surface area contributed by atoms with Crippen LogP contribution in [-0.2, 0) is 6.54 Å². The van der Waals surface area contributed by atoms with Crippen LogP contribution in [0.25, 0.3) is 0 Å². The van der Waals surface area contributed by atoms with Gasteiger partial charge < -0.3 is 5.32 Å². The number of nitrogens with one attached hydrogen (secondary N) is 1. The number of rotatable bonds is 6. The van der Waals surface area contributed by atoms with Crippen molar-refractivity contribution in [2.24, 2.45) is 5.92 Å². The lowest BCUT2D eigenvalue weighted by Crippen LogP contribution is -2.39. The van der Waals surface area contributed by atoms with Crippen LogP contribution in [0.4, 0.5) is 4.39 Å². The number of nitrogens with zero attached hydrogens (tertiary/aromatic N) is 1. The van der Waals surface area contributed by atoms with Crippen molar-refractivity contribution in [3.63, 3.8) is 0 Å². The van der Waals surface area contributed by atoms with Crippen LogP contribution in [0.3, 0.4) is 0 Å². The largest absolute Gasteiger partial charge is 0.313 e. The lowest BCUT2D eigenvalue weighted by atomic mass is 10.1. The summed E-state index contributed by atoms with van der Waals surface area (Å²) in [7, 11) is 0. The summed E-state index contributed by atoms with van der Waals surface area (Å²) in [5.41, 5.74) is 0.691. The molecule has 2 nitrogen and oxygen atoms in total. The van der Waals surface area contributed by atoms with Crippen LogP contribution in [0, 0.1) is 11.7 Å². The molecule has 1 saturated heterocycles. The molecule has 0 spiro atoms. The Balaban J connectivity index is 2.03. The first-order valence-corrected chi connectivity index (χ1v) is 7.82. The monoisotopic (exact) mass is 298 g/mol. The predicted octanol–water partition coefficient (Wildman–Crippen LogP) is 3.69. The smallest absolute Gasteiger partial charge is 0.146 e. The molecule has 4 heteroatoms. The van der Waals surface area contributed by atoms with Crippen LogP contribution in [0.15, 0.2) is 18.2 Å². The third-order valence-electron chi connectivity index (χ3n) is 3.69. The van der Waals surface area contributed by atoms with Gasteiger partial charge in [-0.15, -0.1) is 0 Å². The molecule has 112 valence electrons. The Hall–Kier alpha value is -0.640. The zero-order valence-corrected chi connectivity index (χ0v) is 13.1. The van der Waals surface area contributed by atoms with Crippen molar-refractivity contribution >= 4 is 11.6 Å². The van der Waals surface area contributed by atoms with Gasteiger partial charge in [-0.25, -0.2) is 4.39 Å². The van der Waals surface area contributed by atoms with E-state index >= 15 is 0 Å². The van der Waals surface area contributed by atoms with Crippen molar-refractivity contribution < 1.29 is 4.39 Å². The highest BCUT2D eigenvalue weighted by Crippen LogP contribution is 2.20. The van der Waals surface area contributed by atoms with Gasteiger partial charge in [0.25, 0.3) is 0 Å². The van der Waals surface area contributed by atoms with Crippen LogP contribution in [0.5, 0.6) is 0 Å². The van der Waals surface area contributed by atoms with E-state index in [1.54, 1.807) is 6.07 Å². The van der Waals surface area contributed by atoms with Crippen molar-refractivity contribution in [1.82, 2.24) is 10.2 Å². The molecule has 1 aliphatic heterocycles. The molecule has 1 aromatic carbocycles. The van der Waals surface area contributed by atoms with Gasteiger partial charge in [-0.05, 0) is 31.4 Å². The Morgan fingerprint density at radius 1 is 1.45 bits per heavy atom. The molecule has 1 aliphatic rings. The second-order valence-electron chi connectivity index (χ2n) is 6.09. The summed E-state index contributed by atoms with van der Waals surface area (Å²) in [4.78, 5) is 2.34. The van der Waals surface area contributed by atoms with Crippen molar-refractivity contribution in [2.45, 2.75) is 39.3 Å². The molecular weight excluding hydrogens is 275 g/mol. The number of hydrogen-bond donors (Lipinski definition) is 1. The Morgan fingerprint density at radius 3 is 2.90 bits per heavy atom. The standard InChI is InChI=1S/C16H24ClFN2/c1-12(2)9-20(11-14-6-4-8-19-14)10-13-5-3-7-15(17)16(13)18/h3,5,7,12,14,19H,4,6,8-11H2,1-2H3. The lowest BCUT2D eigenvalue weighted by molar-refractivity contribution is 0.213. The fourth-order valence-corrected chi connectivity index (χ4v) is 3.05. The van der Waals surface area contributed by atoms with Crippen molar-refractivity contribution in [1.29, 1.82) is 0 Å². The maximum Gasteiger partial charge on any atom is 0.146 e. The van der Waals surface area contributed by atoms with E-state index in [1.165, 1.54) is 12.8 Å². The summed E-state index contributed by atoms with van der Waals surface area (Å²) in [5, 5.41) is 3.72. The van der Waals surface area contributed by atoms with Gasteiger partial charge in [-0.2, -0.15) is 0 Å². The van der Waals surface area contributed by atoms with Crippen LogP contribution in [0.2, 0.25) is 5.02 Å². The van der Waals surface area contributed by atoms with Gasteiger partial charge in [0.05, 0.1) is 5.02 Å². The minimum Gasteiger partial charge on any atom is -0.313 e. The Kier molecular flexibility index (Phi) is 5.82. The number of benzene rings is 1. The maximum absolute atomic E-state index is 14.0. The topological polar surface area (TPSA) is 15.3 Å². The zero-order valence-electron chi connectivity index (χ0n) is 12.3. The van der Waals surface area contributed by atoms with Crippen molar-refractivity contribution in [3.05, 3.63) is 34.6 Å². The lowest BCUT2D eigenvalue weighted by Gasteiger charge is -2.27. The summed E-state index contributed by atoms with van der Waals surface area (Å²) in [6, 6.07) is 5.79. The normalized spacial score (nSPS) is 19.2. The molecule has 1 N–H and O–H groups in total. The summed E-state index contributed by atoms with van der Waals surface area (Å²) < 4.78 is 14.0. The van der Waals surface area contributed by atoms with E-state index in [0.717, 1.165) is 19.6 Å². The highest BCUT2D eigenvalue weighted by atomic mass is 35.5. The van der Waals surface area contributed by atoms with E-state index in [4.69, 9.17) is 11.6 Å². The van der Waals surface area contributed by atoms with Gasteiger partial charge in [0.15, 0.2) is 0 Å². The molecule has 1 aromatic rings. The fraction of sp³-hybridized carbons (Fsp3) is 0.625. The first-order valence-electron chi connectivity index (χ1n) is 7.45. The molecule has 0 amide bonds. The average Bonchev–Trinajstić information content (AvgIpc) is 2.87. The summed E-state index contributed by atoms with van der Waals surface area (Å²) in [6.45, 7) is 8.08. The summed E-state index contributed by atoms with van der Waals surface area (Å²) in [5.74, 6) is 0.293. The molecule has 1 heterocycles. The van der Waals surface area contributed by atoms with Gasteiger partial charge in [-0.3, -0.25) is 4.90 Å². The van der Waals surface area contributed by atoms with Crippen molar-refractivity contribution in [3.8, 4) is 0 Å². The van der Waals surface area contributed by atoms with Crippen molar-refractivity contribution in [2.75, 3.05) is 19.6 Å². The van der Waals surface area contributed by atoms with Gasteiger partial charge in [0, 0.05) is 31.2 Å². The molecule has 1 unspecified atom stereocenters. The van der Waals surface area contributed by atoms with E-state index in [1.807, 2.05) is 12.1 Å².